The normalized spacial score (nSPS) is 20.7. The second-order valence-corrected chi connectivity index (χ2v) is 7.40. The smallest absolute Gasteiger partial charge is 0.254 e. The van der Waals surface area contributed by atoms with Crippen molar-refractivity contribution in [3.63, 3.8) is 0 Å². The van der Waals surface area contributed by atoms with Crippen LogP contribution in [0.4, 0.5) is 5.82 Å². The summed E-state index contributed by atoms with van der Waals surface area (Å²) in [5.74, 6) is 2.02. The van der Waals surface area contributed by atoms with Crippen LogP contribution in [-0.4, -0.2) is 57.7 Å². The molecule has 1 saturated heterocycles. The maximum atomic E-state index is 12.6. The number of hydrogen-bond donors (Lipinski definition) is 1. The summed E-state index contributed by atoms with van der Waals surface area (Å²) in [4.78, 5) is 25.8. The predicted octanol–water partition coefficient (Wildman–Crippen LogP) is 1.86. The van der Waals surface area contributed by atoms with Crippen molar-refractivity contribution in [1.82, 2.24) is 14.9 Å². The van der Waals surface area contributed by atoms with Gasteiger partial charge in [-0.25, -0.2) is 9.97 Å². The lowest BCUT2D eigenvalue weighted by Gasteiger charge is -2.38. The molecule has 2 heterocycles. The molecule has 1 aliphatic carbocycles. The van der Waals surface area contributed by atoms with Gasteiger partial charge in [0.1, 0.15) is 17.2 Å². The van der Waals surface area contributed by atoms with E-state index in [2.05, 4.69) is 28.7 Å². The van der Waals surface area contributed by atoms with Crippen LogP contribution in [0.15, 0.2) is 6.07 Å². The molecule has 0 unspecified atom stereocenters. The van der Waals surface area contributed by atoms with E-state index in [4.69, 9.17) is 0 Å². The first-order valence-corrected chi connectivity index (χ1v) is 9.01. The van der Waals surface area contributed by atoms with Gasteiger partial charge in [-0.05, 0) is 32.6 Å². The van der Waals surface area contributed by atoms with Crippen molar-refractivity contribution in [2.45, 2.75) is 58.0 Å². The van der Waals surface area contributed by atoms with E-state index < -0.39 is 5.60 Å². The van der Waals surface area contributed by atoms with Gasteiger partial charge in [-0.15, -0.1) is 0 Å². The number of rotatable bonds is 3. The highest BCUT2D eigenvalue weighted by atomic mass is 16.3. The summed E-state index contributed by atoms with van der Waals surface area (Å²) in [5, 5.41) is 10.5. The maximum Gasteiger partial charge on any atom is 0.254 e. The van der Waals surface area contributed by atoms with Crippen LogP contribution in [0.5, 0.6) is 0 Å². The SMILES string of the molecule is Cc1cc(N2CCN(C(=O)C3(O)CCCC3)CC2)nc(C(C)C)n1. The van der Waals surface area contributed by atoms with Crippen molar-refractivity contribution in [2.75, 3.05) is 31.1 Å². The molecule has 1 amide bonds. The minimum absolute atomic E-state index is 0.0820. The zero-order valence-electron chi connectivity index (χ0n) is 15.0. The average Bonchev–Trinajstić information content (AvgIpc) is 3.01. The number of hydrogen-bond acceptors (Lipinski definition) is 5. The van der Waals surface area contributed by atoms with Crippen molar-refractivity contribution in [2.24, 2.45) is 0 Å². The quantitative estimate of drug-likeness (QED) is 0.915. The zero-order chi connectivity index (χ0) is 17.3. The van der Waals surface area contributed by atoms with Crippen molar-refractivity contribution < 1.29 is 9.90 Å². The summed E-state index contributed by atoms with van der Waals surface area (Å²) in [5.41, 5.74) is -0.138. The standard InChI is InChI=1S/C18H28N4O2/c1-13(2)16-19-14(3)12-15(20-16)21-8-10-22(11-9-21)17(23)18(24)6-4-5-7-18/h12-13,24H,4-11H2,1-3H3. The Morgan fingerprint density at radius 1 is 1.17 bits per heavy atom. The minimum atomic E-state index is -1.11. The number of aryl methyl sites for hydroxylation is 1. The van der Waals surface area contributed by atoms with E-state index in [1.165, 1.54) is 0 Å². The van der Waals surface area contributed by atoms with Crippen molar-refractivity contribution in [1.29, 1.82) is 0 Å². The first-order valence-electron chi connectivity index (χ1n) is 9.01. The highest BCUT2D eigenvalue weighted by Crippen LogP contribution is 2.31. The Labute approximate surface area is 143 Å². The minimum Gasteiger partial charge on any atom is -0.380 e. The number of anilines is 1. The van der Waals surface area contributed by atoms with Gasteiger partial charge in [-0.3, -0.25) is 4.79 Å². The van der Waals surface area contributed by atoms with Gasteiger partial charge in [0, 0.05) is 43.9 Å². The number of carbonyl (C=O) groups is 1. The number of aromatic nitrogens is 2. The number of amides is 1. The molecule has 1 N–H and O–H groups in total. The molecule has 0 radical (unpaired) electrons. The average molecular weight is 332 g/mol. The Hall–Kier alpha value is -1.69. The summed E-state index contributed by atoms with van der Waals surface area (Å²) in [6.07, 6.45) is 3.10. The molecule has 0 bridgehead atoms. The molecular formula is C18H28N4O2. The summed E-state index contributed by atoms with van der Waals surface area (Å²) in [7, 11) is 0. The van der Waals surface area contributed by atoms with Crippen LogP contribution in [0.3, 0.4) is 0 Å². The highest BCUT2D eigenvalue weighted by Gasteiger charge is 2.42. The summed E-state index contributed by atoms with van der Waals surface area (Å²) >= 11 is 0. The highest BCUT2D eigenvalue weighted by molar-refractivity contribution is 5.85. The van der Waals surface area contributed by atoms with Gasteiger partial charge in [0.25, 0.3) is 5.91 Å². The van der Waals surface area contributed by atoms with Gasteiger partial charge in [-0.2, -0.15) is 0 Å². The molecule has 1 aromatic heterocycles. The van der Waals surface area contributed by atoms with Crippen molar-refractivity contribution in [3.8, 4) is 0 Å². The number of carbonyl (C=O) groups excluding carboxylic acids is 1. The third-order valence-corrected chi connectivity index (χ3v) is 5.09. The molecular weight excluding hydrogens is 304 g/mol. The van der Waals surface area contributed by atoms with Gasteiger partial charge in [-0.1, -0.05) is 13.8 Å². The van der Waals surface area contributed by atoms with Gasteiger partial charge >= 0.3 is 0 Å². The maximum absolute atomic E-state index is 12.6. The molecule has 6 heteroatoms. The molecule has 1 saturated carbocycles. The van der Waals surface area contributed by atoms with E-state index in [1.807, 2.05) is 17.9 Å². The number of piperazine rings is 1. The predicted molar refractivity (Wildman–Crippen MR) is 93.1 cm³/mol. The largest absolute Gasteiger partial charge is 0.380 e. The van der Waals surface area contributed by atoms with E-state index in [1.54, 1.807) is 0 Å². The van der Waals surface area contributed by atoms with Crippen LogP contribution in [-0.2, 0) is 4.79 Å². The molecule has 2 fully saturated rings. The van der Waals surface area contributed by atoms with Gasteiger partial charge in [0.15, 0.2) is 0 Å². The second kappa shape index (κ2) is 6.67. The van der Waals surface area contributed by atoms with E-state index in [9.17, 15) is 9.90 Å². The van der Waals surface area contributed by atoms with Crippen LogP contribution in [0.1, 0.15) is 57.0 Å². The van der Waals surface area contributed by atoms with Gasteiger partial charge in [0.2, 0.25) is 0 Å². The summed E-state index contributed by atoms with van der Waals surface area (Å²) in [6, 6.07) is 2.01. The molecule has 0 aromatic carbocycles. The second-order valence-electron chi connectivity index (χ2n) is 7.40. The first kappa shape index (κ1) is 17.1. The molecule has 1 aromatic rings. The lowest BCUT2D eigenvalue weighted by atomic mass is 10.00. The molecule has 3 rings (SSSR count). The Morgan fingerprint density at radius 2 is 1.79 bits per heavy atom. The number of nitrogens with zero attached hydrogens (tertiary/aromatic N) is 4. The van der Waals surface area contributed by atoms with E-state index >= 15 is 0 Å². The topological polar surface area (TPSA) is 69.6 Å². The van der Waals surface area contributed by atoms with Crippen LogP contribution < -0.4 is 4.90 Å². The van der Waals surface area contributed by atoms with Gasteiger partial charge < -0.3 is 14.9 Å². The summed E-state index contributed by atoms with van der Waals surface area (Å²) in [6.45, 7) is 8.95. The summed E-state index contributed by atoms with van der Waals surface area (Å²) < 4.78 is 0. The molecule has 1 aliphatic heterocycles. The Morgan fingerprint density at radius 3 is 2.38 bits per heavy atom. The third-order valence-electron chi connectivity index (χ3n) is 5.09. The van der Waals surface area contributed by atoms with Crippen LogP contribution in [0.2, 0.25) is 0 Å². The Kier molecular flexibility index (Phi) is 4.76. The van der Waals surface area contributed by atoms with E-state index in [0.29, 0.717) is 31.8 Å². The molecule has 0 spiro atoms. The fraction of sp³-hybridized carbons (Fsp3) is 0.722. The van der Waals surface area contributed by atoms with Crippen LogP contribution in [0.25, 0.3) is 0 Å². The monoisotopic (exact) mass is 332 g/mol. The third kappa shape index (κ3) is 3.38. The van der Waals surface area contributed by atoms with Crippen molar-refractivity contribution in [3.05, 3.63) is 17.6 Å². The van der Waals surface area contributed by atoms with E-state index in [-0.39, 0.29) is 5.91 Å². The fourth-order valence-electron chi connectivity index (χ4n) is 3.60. The fourth-order valence-corrected chi connectivity index (χ4v) is 3.60. The molecule has 24 heavy (non-hydrogen) atoms. The lowest BCUT2D eigenvalue weighted by Crippen LogP contribution is -2.55. The molecule has 132 valence electrons. The van der Waals surface area contributed by atoms with Gasteiger partial charge in [0.05, 0.1) is 0 Å². The van der Waals surface area contributed by atoms with Crippen molar-refractivity contribution >= 4 is 11.7 Å². The van der Waals surface area contributed by atoms with Crippen LogP contribution in [0, 0.1) is 6.92 Å². The molecule has 2 aliphatic rings. The Bertz CT molecular complexity index is 603. The van der Waals surface area contributed by atoms with E-state index in [0.717, 1.165) is 43.3 Å². The molecule has 0 atom stereocenters. The number of aliphatic hydroxyl groups is 1. The Balaban J connectivity index is 1.66. The van der Waals surface area contributed by atoms with Crippen LogP contribution >= 0.6 is 0 Å². The first-order chi connectivity index (χ1) is 11.4. The molecule has 6 nitrogen and oxygen atoms in total. The zero-order valence-corrected chi connectivity index (χ0v) is 15.0. The lowest BCUT2D eigenvalue weighted by molar-refractivity contribution is -0.151.